The zero-order chi connectivity index (χ0) is 34.9. The van der Waals surface area contributed by atoms with Crippen molar-refractivity contribution in [2.24, 2.45) is 0 Å². The summed E-state index contributed by atoms with van der Waals surface area (Å²) < 4.78 is 34.1. The molecule has 0 unspecified atom stereocenters. The van der Waals surface area contributed by atoms with Gasteiger partial charge in [0.1, 0.15) is 12.3 Å². The minimum Gasteiger partial charge on any atom is -0.508 e. The Hall–Kier alpha value is -3.13. The number of allylic oxidation sites excluding steroid dienone is 8. The van der Waals surface area contributed by atoms with E-state index in [1.807, 2.05) is 12.1 Å². The van der Waals surface area contributed by atoms with Crippen LogP contribution in [0.5, 0.6) is 5.75 Å². The van der Waals surface area contributed by atoms with E-state index in [4.69, 9.17) is 11.6 Å². The number of rotatable bonds is 12. The van der Waals surface area contributed by atoms with Gasteiger partial charge in [0.2, 0.25) is 5.69 Å². The molecule has 6 nitrogen and oxygen atoms in total. The molecular formula is C40H52ClN2O4S+. The lowest BCUT2D eigenvalue weighted by atomic mass is 9.81. The largest absolute Gasteiger partial charge is 0.508 e. The molecule has 0 amide bonds. The van der Waals surface area contributed by atoms with Crippen molar-refractivity contribution < 1.29 is 22.7 Å². The van der Waals surface area contributed by atoms with Crippen LogP contribution in [-0.2, 0) is 20.9 Å². The van der Waals surface area contributed by atoms with Crippen LogP contribution >= 0.6 is 11.6 Å². The van der Waals surface area contributed by atoms with Crippen molar-refractivity contribution in [1.29, 1.82) is 0 Å². The van der Waals surface area contributed by atoms with Crippen LogP contribution in [0.25, 0.3) is 0 Å². The SMILES string of the molecule is CCCCCN1C(=CC=C2CCCC(C=CC3=[N+](CCCCS(=O)(=O)O)c4ccc(O)cc4C3(C)C)=C2Cl)C(C)(C)c2cc(C)ccc21. The van der Waals surface area contributed by atoms with Gasteiger partial charge in [-0.25, -0.2) is 0 Å². The van der Waals surface area contributed by atoms with Crippen LogP contribution in [0.15, 0.2) is 82.6 Å². The molecule has 2 aliphatic heterocycles. The average Bonchev–Trinajstić information content (AvgIpc) is 3.35. The summed E-state index contributed by atoms with van der Waals surface area (Å²) in [5.41, 5.74) is 10.1. The molecule has 0 spiro atoms. The molecule has 258 valence electrons. The van der Waals surface area contributed by atoms with Crippen LogP contribution in [0.4, 0.5) is 11.4 Å². The number of phenols is 1. The van der Waals surface area contributed by atoms with Gasteiger partial charge in [0, 0.05) is 52.5 Å². The molecule has 2 aromatic rings. The van der Waals surface area contributed by atoms with Gasteiger partial charge >= 0.3 is 0 Å². The van der Waals surface area contributed by atoms with Gasteiger partial charge in [0.05, 0.1) is 11.2 Å². The Morgan fingerprint density at radius 2 is 1.71 bits per heavy atom. The van der Waals surface area contributed by atoms with Gasteiger partial charge in [-0.2, -0.15) is 13.0 Å². The smallest absolute Gasteiger partial charge is 0.264 e. The normalized spacial score (nSPS) is 20.5. The number of fused-ring (bicyclic) bond motifs is 2. The van der Waals surface area contributed by atoms with Gasteiger partial charge in [-0.15, -0.1) is 0 Å². The number of halogens is 1. The number of benzene rings is 2. The van der Waals surface area contributed by atoms with Gasteiger partial charge in [0.25, 0.3) is 10.1 Å². The molecule has 3 aliphatic rings. The third kappa shape index (κ3) is 7.54. The maximum Gasteiger partial charge on any atom is 0.264 e. The fraction of sp³-hybridized carbons (Fsp3) is 0.475. The van der Waals surface area contributed by atoms with Crippen molar-refractivity contribution in [1.82, 2.24) is 0 Å². The molecule has 0 fully saturated rings. The first-order valence-corrected chi connectivity index (χ1v) is 19.4. The standard InChI is InChI=1S/C40H51ClN2O4S/c1-7-8-9-23-42-34-19-15-28(2)26-32(34)39(3,4)36(42)21-16-29-13-12-14-30(38(29)41)17-22-37-40(5,6)33-27-31(44)18-20-35(33)43(37)24-10-11-25-48(45,46)47/h15-22,26-27H,7-14,23-25H2,1-6H3,(H-,44,45,46,47)/p+1. The molecule has 48 heavy (non-hydrogen) atoms. The van der Waals surface area contributed by atoms with Crippen molar-refractivity contribution in [3.8, 4) is 5.75 Å². The molecule has 0 saturated heterocycles. The molecule has 5 rings (SSSR count). The topological polar surface area (TPSA) is 80.9 Å². The fourth-order valence-electron chi connectivity index (χ4n) is 7.58. The summed E-state index contributed by atoms with van der Waals surface area (Å²) in [6.07, 6.45) is 16.2. The molecule has 0 bridgehead atoms. The van der Waals surface area contributed by atoms with Crippen molar-refractivity contribution >= 4 is 38.8 Å². The Bertz CT molecular complexity index is 1830. The number of hydrogen-bond acceptors (Lipinski definition) is 4. The third-order valence-electron chi connectivity index (χ3n) is 10.3. The number of aryl methyl sites for hydroxylation is 1. The lowest BCUT2D eigenvalue weighted by molar-refractivity contribution is -0.438. The van der Waals surface area contributed by atoms with Crippen LogP contribution in [0, 0.1) is 6.92 Å². The van der Waals surface area contributed by atoms with Gasteiger partial charge in [-0.05, 0) is 93.9 Å². The highest BCUT2D eigenvalue weighted by molar-refractivity contribution is 7.85. The number of nitrogens with zero attached hydrogens (tertiary/aromatic N) is 2. The van der Waals surface area contributed by atoms with Crippen LogP contribution < -0.4 is 4.90 Å². The highest BCUT2D eigenvalue weighted by Crippen LogP contribution is 2.48. The Morgan fingerprint density at radius 3 is 2.44 bits per heavy atom. The Morgan fingerprint density at radius 1 is 0.938 bits per heavy atom. The van der Waals surface area contributed by atoms with E-state index in [9.17, 15) is 18.1 Å². The van der Waals surface area contributed by atoms with E-state index >= 15 is 0 Å². The minimum atomic E-state index is -4.00. The maximum absolute atomic E-state index is 11.3. The summed E-state index contributed by atoms with van der Waals surface area (Å²) in [6, 6.07) is 12.3. The Kier molecular flexibility index (Phi) is 10.8. The highest BCUT2D eigenvalue weighted by Gasteiger charge is 2.44. The van der Waals surface area contributed by atoms with Crippen LogP contribution in [0.1, 0.15) is 103 Å². The molecule has 8 heteroatoms. The molecular weight excluding hydrogens is 640 g/mol. The van der Waals surface area contributed by atoms with Gasteiger partial charge in [-0.1, -0.05) is 75.1 Å². The van der Waals surface area contributed by atoms with E-state index in [-0.39, 0.29) is 22.3 Å². The molecule has 2 aromatic carbocycles. The summed E-state index contributed by atoms with van der Waals surface area (Å²) in [4.78, 5) is 2.52. The molecule has 1 aliphatic carbocycles. The van der Waals surface area contributed by atoms with E-state index in [2.05, 4.69) is 93.5 Å². The predicted octanol–water partition coefficient (Wildman–Crippen LogP) is 9.78. The lowest BCUT2D eigenvalue weighted by Crippen LogP contribution is -2.28. The van der Waals surface area contributed by atoms with Crippen molar-refractivity contribution in [2.45, 2.75) is 104 Å². The van der Waals surface area contributed by atoms with Crippen molar-refractivity contribution in [3.63, 3.8) is 0 Å². The summed E-state index contributed by atoms with van der Waals surface area (Å²) in [6.45, 7) is 15.0. The first kappa shape index (κ1) is 36.2. The first-order chi connectivity index (χ1) is 22.6. The van der Waals surface area contributed by atoms with E-state index in [0.29, 0.717) is 19.4 Å². The van der Waals surface area contributed by atoms with Crippen molar-refractivity contribution in [2.75, 3.05) is 23.7 Å². The number of hydrogen-bond donors (Lipinski definition) is 2. The van der Waals surface area contributed by atoms with Crippen molar-refractivity contribution in [3.05, 3.63) is 99.3 Å². The van der Waals surface area contributed by atoms with E-state index < -0.39 is 10.1 Å². The summed E-state index contributed by atoms with van der Waals surface area (Å²) in [5, 5.41) is 11.1. The van der Waals surface area contributed by atoms with Gasteiger partial charge < -0.3 is 10.0 Å². The minimum absolute atomic E-state index is 0.114. The van der Waals surface area contributed by atoms with E-state index in [1.165, 1.54) is 35.4 Å². The fourth-order valence-corrected chi connectivity index (χ4v) is 8.46. The third-order valence-corrected chi connectivity index (χ3v) is 11.6. The molecule has 0 saturated carbocycles. The molecule has 0 atom stereocenters. The zero-order valence-corrected chi connectivity index (χ0v) is 31.0. The first-order valence-electron chi connectivity index (χ1n) is 17.5. The average molecular weight is 692 g/mol. The van der Waals surface area contributed by atoms with Gasteiger partial charge in [0.15, 0.2) is 5.71 Å². The Labute approximate surface area is 293 Å². The number of phenolic OH excluding ortho intramolecular Hbond substituents is 1. The Balaban J connectivity index is 1.47. The quantitative estimate of drug-likeness (QED) is 0.132. The monoisotopic (exact) mass is 691 g/mol. The molecule has 0 radical (unpaired) electrons. The van der Waals surface area contributed by atoms with E-state index in [1.54, 1.807) is 6.07 Å². The molecule has 2 N–H and O–H groups in total. The zero-order valence-electron chi connectivity index (χ0n) is 29.4. The summed E-state index contributed by atoms with van der Waals surface area (Å²) in [7, 11) is -4.00. The summed E-state index contributed by atoms with van der Waals surface area (Å²) in [5.74, 6) is -0.0433. The molecule has 0 aromatic heterocycles. The number of unbranched alkanes of at least 4 members (excludes halogenated alkanes) is 3. The van der Waals surface area contributed by atoms with Crippen LogP contribution in [-0.4, -0.2) is 47.2 Å². The number of aromatic hydroxyl groups is 1. The number of anilines is 1. The highest BCUT2D eigenvalue weighted by atomic mass is 35.5. The maximum atomic E-state index is 11.3. The second-order valence-electron chi connectivity index (χ2n) is 14.6. The second-order valence-corrected chi connectivity index (χ2v) is 16.6. The van der Waals surface area contributed by atoms with Crippen LogP contribution in [0.2, 0.25) is 0 Å². The van der Waals surface area contributed by atoms with E-state index in [0.717, 1.165) is 65.4 Å². The van der Waals surface area contributed by atoms with Gasteiger partial charge in [-0.3, -0.25) is 4.55 Å². The van der Waals surface area contributed by atoms with Crippen LogP contribution in [0.3, 0.4) is 0 Å². The molecule has 2 heterocycles. The second kappa shape index (κ2) is 14.4. The predicted molar refractivity (Wildman–Crippen MR) is 200 cm³/mol. The lowest BCUT2D eigenvalue weighted by Gasteiger charge is -2.27. The summed E-state index contributed by atoms with van der Waals surface area (Å²) >= 11 is 7.18.